The van der Waals surface area contributed by atoms with Crippen molar-refractivity contribution in [3.63, 3.8) is 0 Å². The van der Waals surface area contributed by atoms with Crippen LogP contribution in [-0.4, -0.2) is 46.0 Å². The summed E-state index contributed by atoms with van der Waals surface area (Å²) in [5, 5.41) is 14.9. The number of carbonyl (C=O) groups is 1. The van der Waals surface area contributed by atoms with Crippen molar-refractivity contribution in [2.75, 3.05) is 12.4 Å². The third kappa shape index (κ3) is 5.37. The van der Waals surface area contributed by atoms with Crippen LogP contribution in [0.15, 0.2) is 57.4 Å². The number of halogens is 2. The first-order valence-corrected chi connectivity index (χ1v) is 12.2. The van der Waals surface area contributed by atoms with Crippen LogP contribution in [0.4, 0.5) is 5.13 Å². The van der Waals surface area contributed by atoms with E-state index in [0.717, 1.165) is 15.6 Å². The van der Waals surface area contributed by atoms with E-state index in [1.54, 1.807) is 36.4 Å². The van der Waals surface area contributed by atoms with E-state index in [9.17, 15) is 13.2 Å². The molecule has 170 valence electrons. The molecule has 0 aliphatic heterocycles. The summed E-state index contributed by atoms with van der Waals surface area (Å²) in [5.74, 6) is -0.0805. The van der Waals surface area contributed by atoms with Gasteiger partial charge < -0.3 is 4.52 Å². The number of rotatable bonds is 7. The maximum atomic E-state index is 12.9. The van der Waals surface area contributed by atoms with Crippen molar-refractivity contribution < 1.29 is 17.7 Å². The third-order valence-electron chi connectivity index (χ3n) is 4.29. The van der Waals surface area contributed by atoms with Gasteiger partial charge in [0, 0.05) is 28.2 Å². The SMILES string of the molecule is CN(Cc1nc(-c2ccc(Cl)cc2)no1)S(=O)(=O)c1nnc(NC(=O)c2ccc(Cl)cc2)s1. The molecule has 0 fully saturated rings. The summed E-state index contributed by atoms with van der Waals surface area (Å²) in [6, 6.07) is 13.0. The van der Waals surface area contributed by atoms with Crippen molar-refractivity contribution in [3.05, 3.63) is 70.0 Å². The quantitative estimate of drug-likeness (QED) is 0.359. The molecule has 1 N–H and O–H groups in total. The zero-order valence-electron chi connectivity index (χ0n) is 16.8. The van der Waals surface area contributed by atoms with Gasteiger partial charge in [-0.05, 0) is 48.5 Å². The molecule has 10 nitrogen and oxygen atoms in total. The van der Waals surface area contributed by atoms with Gasteiger partial charge in [-0.1, -0.05) is 39.7 Å². The van der Waals surface area contributed by atoms with E-state index in [1.165, 1.54) is 19.2 Å². The Kier molecular flexibility index (Phi) is 6.72. The molecule has 0 spiro atoms. The number of nitrogens with zero attached hydrogens (tertiary/aromatic N) is 5. The molecule has 0 aliphatic carbocycles. The van der Waals surface area contributed by atoms with E-state index in [4.69, 9.17) is 27.7 Å². The summed E-state index contributed by atoms with van der Waals surface area (Å²) in [4.78, 5) is 16.5. The standard InChI is InChI=1S/C19H14Cl2N6O4S2/c1-27(10-15-22-16(26-31-15)11-2-6-13(20)7-3-11)33(29,30)19-25-24-18(32-19)23-17(28)12-4-8-14(21)9-5-12/h2-9H,10H2,1H3,(H,23,24,28). The zero-order valence-corrected chi connectivity index (χ0v) is 19.9. The van der Waals surface area contributed by atoms with Gasteiger partial charge in [0.05, 0.1) is 6.54 Å². The lowest BCUT2D eigenvalue weighted by Gasteiger charge is -2.11. The molecule has 2 aromatic heterocycles. The lowest BCUT2D eigenvalue weighted by atomic mass is 10.2. The van der Waals surface area contributed by atoms with Crippen molar-refractivity contribution in [1.29, 1.82) is 0 Å². The molecule has 0 saturated carbocycles. The first-order chi connectivity index (χ1) is 15.7. The van der Waals surface area contributed by atoms with Crippen LogP contribution in [0.1, 0.15) is 16.2 Å². The predicted octanol–water partition coefficient (Wildman–Crippen LogP) is 3.97. The normalized spacial score (nSPS) is 11.6. The van der Waals surface area contributed by atoms with E-state index in [1.807, 2.05) is 0 Å². The Balaban J connectivity index is 1.44. The summed E-state index contributed by atoms with van der Waals surface area (Å²) in [7, 11) is -2.68. The van der Waals surface area contributed by atoms with Crippen molar-refractivity contribution in [2.45, 2.75) is 10.9 Å². The summed E-state index contributed by atoms with van der Waals surface area (Å²) in [5.41, 5.74) is 1.01. The Hall–Kier alpha value is -2.90. The first kappa shape index (κ1) is 23.3. The minimum atomic E-state index is -4.02. The highest BCUT2D eigenvalue weighted by molar-refractivity contribution is 7.91. The van der Waals surface area contributed by atoms with E-state index in [-0.39, 0.29) is 21.9 Å². The number of benzene rings is 2. The van der Waals surface area contributed by atoms with Crippen LogP contribution in [0.2, 0.25) is 10.0 Å². The second kappa shape index (κ2) is 9.53. The molecule has 0 saturated heterocycles. The van der Waals surface area contributed by atoms with Crippen LogP contribution in [-0.2, 0) is 16.6 Å². The van der Waals surface area contributed by atoms with Crippen molar-refractivity contribution >= 4 is 55.6 Å². The van der Waals surface area contributed by atoms with E-state index in [2.05, 4.69) is 25.7 Å². The van der Waals surface area contributed by atoms with Crippen LogP contribution < -0.4 is 5.32 Å². The Labute approximate surface area is 202 Å². The summed E-state index contributed by atoms with van der Waals surface area (Å²) in [6.07, 6.45) is 0. The fraction of sp³-hybridized carbons (Fsp3) is 0.105. The molecule has 14 heteroatoms. The predicted molar refractivity (Wildman–Crippen MR) is 123 cm³/mol. The molecule has 4 aromatic rings. The maximum Gasteiger partial charge on any atom is 0.272 e. The fourth-order valence-corrected chi connectivity index (χ4v) is 5.03. The second-order valence-corrected chi connectivity index (χ2v) is 10.7. The Morgan fingerprint density at radius 1 is 1.06 bits per heavy atom. The van der Waals surface area contributed by atoms with Gasteiger partial charge in [-0.3, -0.25) is 10.1 Å². The molecule has 0 unspecified atom stereocenters. The van der Waals surface area contributed by atoms with Gasteiger partial charge in [0.25, 0.3) is 15.9 Å². The number of nitrogens with one attached hydrogen (secondary N) is 1. The van der Waals surface area contributed by atoms with Gasteiger partial charge in [0.2, 0.25) is 21.2 Å². The van der Waals surface area contributed by atoms with Crippen LogP contribution in [0.5, 0.6) is 0 Å². The molecule has 0 bridgehead atoms. The van der Waals surface area contributed by atoms with Gasteiger partial charge >= 0.3 is 0 Å². The van der Waals surface area contributed by atoms with Gasteiger partial charge in [-0.25, -0.2) is 8.42 Å². The average Bonchev–Trinajstić information content (AvgIpc) is 3.45. The molecular weight excluding hydrogens is 511 g/mol. The van der Waals surface area contributed by atoms with E-state index < -0.39 is 15.9 Å². The average molecular weight is 525 g/mol. The van der Waals surface area contributed by atoms with E-state index in [0.29, 0.717) is 27.0 Å². The number of amides is 1. The lowest BCUT2D eigenvalue weighted by Crippen LogP contribution is -2.26. The van der Waals surface area contributed by atoms with Gasteiger partial charge in [0.15, 0.2) is 0 Å². The van der Waals surface area contributed by atoms with Gasteiger partial charge in [-0.2, -0.15) is 9.29 Å². The number of hydrogen-bond donors (Lipinski definition) is 1. The molecule has 0 radical (unpaired) electrons. The van der Waals surface area contributed by atoms with Crippen LogP contribution in [0.25, 0.3) is 11.4 Å². The highest BCUT2D eigenvalue weighted by Gasteiger charge is 2.28. The van der Waals surface area contributed by atoms with Crippen LogP contribution in [0, 0.1) is 0 Å². The number of sulfonamides is 1. The zero-order chi connectivity index (χ0) is 23.6. The van der Waals surface area contributed by atoms with Crippen LogP contribution in [0.3, 0.4) is 0 Å². The Morgan fingerprint density at radius 2 is 1.70 bits per heavy atom. The van der Waals surface area contributed by atoms with Crippen molar-refractivity contribution in [3.8, 4) is 11.4 Å². The summed E-state index contributed by atoms with van der Waals surface area (Å²) < 4.78 is 31.6. The molecule has 0 aliphatic rings. The third-order valence-corrected chi connectivity index (χ3v) is 7.78. The Morgan fingerprint density at radius 3 is 2.36 bits per heavy atom. The minimum Gasteiger partial charge on any atom is -0.338 e. The van der Waals surface area contributed by atoms with Crippen molar-refractivity contribution in [1.82, 2.24) is 24.6 Å². The number of anilines is 1. The van der Waals surface area contributed by atoms with Crippen LogP contribution >= 0.6 is 34.5 Å². The lowest BCUT2D eigenvalue weighted by molar-refractivity contribution is 0.102. The van der Waals surface area contributed by atoms with Crippen molar-refractivity contribution in [2.24, 2.45) is 0 Å². The molecule has 2 heterocycles. The topological polar surface area (TPSA) is 131 Å². The van der Waals surface area contributed by atoms with Gasteiger partial charge in [0.1, 0.15) is 0 Å². The summed E-state index contributed by atoms with van der Waals surface area (Å²) in [6.45, 7) is -0.186. The molecule has 2 aromatic carbocycles. The maximum absolute atomic E-state index is 12.9. The highest BCUT2D eigenvalue weighted by atomic mass is 35.5. The fourth-order valence-electron chi connectivity index (χ4n) is 2.58. The second-order valence-electron chi connectivity index (χ2n) is 6.61. The molecule has 4 rings (SSSR count). The monoisotopic (exact) mass is 524 g/mol. The largest absolute Gasteiger partial charge is 0.338 e. The number of aromatic nitrogens is 4. The smallest absolute Gasteiger partial charge is 0.272 e. The van der Waals surface area contributed by atoms with Gasteiger partial charge in [-0.15, -0.1) is 10.2 Å². The molecular formula is C19H14Cl2N6O4S2. The molecule has 1 amide bonds. The van der Waals surface area contributed by atoms with E-state index >= 15 is 0 Å². The summed E-state index contributed by atoms with van der Waals surface area (Å²) >= 11 is 12.4. The number of hydrogen-bond acceptors (Lipinski definition) is 9. The Bertz CT molecular complexity index is 1390. The first-order valence-electron chi connectivity index (χ1n) is 9.17. The molecule has 0 atom stereocenters. The minimum absolute atomic E-state index is 0.0322. The number of carbonyl (C=O) groups excluding carboxylic acids is 1. The molecule has 33 heavy (non-hydrogen) atoms. The highest BCUT2D eigenvalue weighted by Crippen LogP contribution is 2.25.